The van der Waals surface area contributed by atoms with Crippen molar-refractivity contribution in [1.29, 1.82) is 0 Å². The Balaban J connectivity index is 2.96. The highest BCUT2D eigenvalue weighted by atomic mass is 19.4. The van der Waals surface area contributed by atoms with Crippen LogP contribution in [0.5, 0.6) is 0 Å². The second kappa shape index (κ2) is 9.25. The molecule has 3 nitrogen and oxygen atoms in total. The van der Waals surface area contributed by atoms with Crippen LogP contribution >= 0.6 is 0 Å². The van der Waals surface area contributed by atoms with Gasteiger partial charge in [0.15, 0.2) is 0 Å². The molecule has 0 aromatic rings. The molecule has 1 heterocycles. The van der Waals surface area contributed by atoms with Crippen molar-refractivity contribution in [2.45, 2.75) is 45.1 Å². The molecule has 132 valence electrons. The Hall–Kier alpha value is -1.11. The number of aliphatic hydroxyl groups is 1. The lowest BCUT2D eigenvalue weighted by Gasteiger charge is -2.23. The molecule has 1 rings (SSSR count). The minimum atomic E-state index is -4.35. The van der Waals surface area contributed by atoms with Crippen LogP contribution in [-0.2, 0) is 9.47 Å². The Morgan fingerprint density at radius 1 is 1.35 bits per heavy atom. The van der Waals surface area contributed by atoms with Crippen LogP contribution in [0.15, 0.2) is 35.5 Å². The zero-order valence-electron chi connectivity index (χ0n) is 13.8. The Morgan fingerprint density at radius 3 is 2.65 bits per heavy atom. The van der Waals surface area contributed by atoms with Gasteiger partial charge in [0.1, 0.15) is 6.10 Å². The third-order valence-corrected chi connectivity index (χ3v) is 3.74. The molecule has 0 bridgehead atoms. The number of allylic oxidation sites excluding steroid dienone is 2. The molecule has 0 radical (unpaired) electrons. The molecule has 0 amide bonds. The highest BCUT2D eigenvalue weighted by Gasteiger charge is 2.32. The van der Waals surface area contributed by atoms with E-state index < -0.39 is 24.0 Å². The lowest BCUT2D eigenvalue weighted by molar-refractivity contribution is -0.0945. The summed E-state index contributed by atoms with van der Waals surface area (Å²) in [5, 5.41) is 10.3. The van der Waals surface area contributed by atoms with E-state index in [-0.39, 0.29) is 32.0 Å². The summed E-state index contributed by atoms with van der Waals surface area (Å²) >= 11 is 0. The van der Waals surface area contributed by atoms with Crippen LogP contribution < -0.4 is 0 Å². The summed E-state index contributed by atoms with van der Waals surface area (Å²) in [6.07, 6.45) is 0.606. The van der Waals surface area contributed by atoms with E-state index in [2.05, 4.69) is 0 Å². The zero-order chi connectivity index (χ0) is 17.5. The number of ether oxygens (including phenoxy) is 2. The second-order valence-corrected chi connectivity index (χ2v) is 5.77. The van der Waals surface area contributed by atoms with E-state index in [0.29, 0.717) is 0 Å². The van der Waals surface area contributed by atoms with E-state index in [9.17, 15) is 18.3 Å². The van der Waals surface area contributed by atoms with Crippen molar-refractivity contribution < 1.29 is 27.8 Å². The molecular weight excluding hydrogens is 309 g/mol. The highest BCUT2D eigenvalue weighted by Crippen LogP contribution is 2.29. The molecule has 0 spiro atoms. The quantitative estimate of drug-likeness (QED) is 0.741. The van der Waals surface area contributed by atoms with Crippen LogP contribution in [0, 0.1) is 5.92 Å². The van der Waals surface area contributed by atoms with Crippen LogP contribution in [0.25, 0.3) is 0 Å². The predicted molar refractivity (Wildman–Crippen MR) is 83.1 cm³/mol. The summed E-state index contributed by atoms with van der Waals surface area (Å²) in [6.45, 7) is 3.83. The van der Waals surface area contributed by atoms with E-state index in [1.54, 1.807) is 12.2 Å². The molecule has 0 aromatic heterocycles. The second-order valence-electron chi connectivity index (χ2n) is 5.77. The van der Waals surface area contributed by atoms with Crippen LogP contribution in [0.4, 0.5) is 13.2 Å². The highest BCUT2D eigenvalue weighted by molar-refractivity contribution is 5.12. The fraction of sp³-hybridized carbons (Fsp3) is 0.647. The molecule has 0 unspecified atom stereocenters. The maximum atomic E-state index is 12.9. The fourth-order valence-electron chi connectivity index (χ4n) is 2.43. The van der Waals surface area contributed by atoms with Gasteiger partial charge in [0.25, 0.3) is 0 Å². The van der Waals surface area contributed by atoms with Crippen LogP contribution in [0.2, 0.25) is 0 Å². The number of methoxy groups -OCH3 is 1. The first-order valence-electron chi connectivity index (χ1n) is 7.64. The first-order chi connectivity index (χ1) is 10.8. The van der Waals surface area contributed by atoms with Crippen LogP contribution in [-0.4, -0.2) is 43.8 Å². The number of alkyl halides is 3. The molecule has 0 saturated heterocycles. The van der Waals surface area contributed by atoms with Crippen molar-refractivity contribution >= 4 is 0 Å². The molecule has 1 aliphatic heterocycles. The van der Waals surface area contributed by atoms with Crippen molar-refractivity contribution in [3.05, 3.63) is 35.5 Å². The summed E-state index contributed by atoms with van der Waals surface area (Å²) in [4.78, 5) is 0. The van der Waals surface area contributed by atoms with E-state index in [1.807, 2.05) is 19.9 Å². The van der Waals surface area contributed by atoms with Gasteiger partial charge in [0, 0.05) is 18.6 Å². The van der Waals surface area contributed by atoms with Crippen molar-refractivity contribution in [2.75, 3.05) is 20.3 Å². The number of rotatable bonds is 1. The van der Waals surface area contributed by atoms with Crippen molar-refractivity contribution in [1.82, 2.24) is 0 Å². The van der Waals surface area contributed by atoms with Crippen molar-refractivity contribution in [3.8, 4) is 0 Å². The van der Waals surface area contributed by atoms with Gasteiger partial charge in [0.05, 0.1) is 19.3 Å². The Kier molecular flexibility index (Phi) is 8.02. The van der Waals surface area contributed by atoms with Crippen LogP contribution in [0.3, 0.4) is 0 Å². The Bertz CT molecular complexity index is 452. The number of aliphatic hydroxyl groups excluding tert-OH is 1. The number of hydrogen-bond donors (Lipinski definition) is 1. The molecule has 0 aliphatic carbocycles. The molecule has 1 aliphatic rings. The molecule has 6 heteroatoms. The maximum Gasteiger partial charge on any atom is 0.412 e. The van der Waals surface area contributed by atoms with Gasteiger partial charge < -0.3 is 14.6 Å². The standard InChI is InChI=1S/C17H25F3O3/c1-12-10-13(2)16(21)15(22-3)7-5-4-6-14(17(18,19)20)8-9-23-11-12/h5,7-8,10,13,15-16,21H,4,6,9,11H2,1-3H3/b7-5+,12-10-,14-8+/t13-,15+,16+/m1/s1. The summed E-state index contributed by atoms with van der Waals surface area (Å²) in [7, 11) is 1.47. The molecule has 0 fully saturated rings. The minimum absolute atomic E-state index is 0.0820. The van der Waals surface area contributed by atoms with Gasteiger partial charge in [-0.15, -0.1) is 0 Å². The van der Waals surface area contributed by atoms with E-state index in [0.717, 1.165) is 11.6 Å². The van der Waals surface area contributed by atoms with Gasteiger partial charge in [-0.1, -0.05) is 36.8 Å². The topological polar surface area (TPSA) is 38.7 Å². The predicted octanol–water partition coefficient (Wildman–Crippen LogP) is 3.80. The van der Waals surface area contributed by atoms with Gasteiger partial charge in [-0.25, -0.2) is 0 Å². The first-order valence-corrected chi connectivity index (χ1v) is 7.64. The number of halogens is 3. The van der Waals surface area contributed by atoms with Gasteiger partial charge in [-0.3, -0.25) is 0 Å². The average Bonchev–Trinajstić information content (AvgIpc) is 2.46. The normalized spacial score (nSPS) is 34.7. The average molecular weight is 334 g/mol. The SMILES string of the molecule is CO[C@H]1/C=C/CC/C(C(F)(F)F)=C\COC/C(C)=C\[C@@H](C)[C@@H]1O. The van der Waals surface area contributed by atoms with E-state index in [4.69, 9.17) is 9.47 Å². The van der Waals surface area contributed by atoms with Gasteiger partial charge in [0.2, 0.25) is 0 Å². The molecule has 0 aromatic carbocycles. The van der Waals surface area contributed by atoms with E-state index in [1.165, 1.54) is 7.11 Å². The number of hydrogen-bond acceptors (Lipinski definition) is 3. The Labute approximate surface area is 135 Å². The van der Waals surface area contributed by atoms with Gasteiger partial charge in [-0.2, -0.15) is 13.2 Å². The smallest absolute Gasteiger partial charge is 0.389 e. The van der Waals surface area contributed by atoms with E-state index >= 15 is 0 Å². The monoisotopic (exact) mass is 334 g/mol. The molecule has 3 atom stereocenters. The third kappa shape index (κ3) is 6.89. The zero-order valence-corrected chi connectivity index (χ0v) is 13.8. The fourth-order valence-corrected chi connectivity index (χ4v) is 2.43. The molecule has 1 N–H and O–H groups in total. The first kappa shape index (κ1) is 19.9. The summed E-state index contributed by atoms with van der Waals surface area (Å²) < 4.78 is 49.3. The van der Waals surface area contributed by atoms with Gasteiger partial charge in [-0.05, 0) is 19.8 Å². The summed E-state index contributed by atoms with van der Waals surface area (Å²) in [5.41, 5.74) is 0.262. The van der Waals surface area contributed by atoms with Crippen molar-refractivity contribution in [2.24, 2.45) is 5.92 Å². The third-order valence-electron chi connectivity index (χ3n) is 3.74. The Morgan fingerprint density at radius 2 is 2.04 bits per heavy atom. The van der Waals surface area contributed by atoms with Gasteiger partial charge >= 0.3 is 6.18 Å². The summed E-state index contributed by atoms with van der Waals surface area (Å²) in [5.74, 6) is -0.155. The lowest BCUT2D eigenvalue weighted by atomic mass is 9.96. The largest absolute Gasteiger partial charge is 0.412 e. The lowest BCUT2D eigenvalue weighted by Crippen LogP contribution is -2.31. The molecule has 23 heavy (non-hydrogen) atoms. The minimum Gasteiger partial charge on any atom is -0.389 e. The summed E-state index contributed by atoms with van der Waals surface area (Å²) in [6, 6.07) is 0. The molecule has 0 saturated carbocycles. The molecular formula is C17H25F3O3. The van der Waals surface area contributed by atoms with Crippen molar-refractivity contribution in [3.63, 3.8) is 0 Å². The van der Waals surface area contributed by atoms with Crippen LogP contribution in [0.1, 0.15) is 26.7 Å². The maximum absolute atomic E-state index is 12.9.